The van der Waals surface area contributed by atoms with Gasteiger partial charge in [-0.3, -0.25) is 0 Å². The van der Waals surface area contributed by atoms with E-state index in [9.17, 15) is 14.3 Å². The molecule has 0 aliphatic rings. The fraction of sp³-hybridized carbons (Fsp3) is 0.308. The van der Waals surface area contributed by atoms with E-state index in [1.54, 1.807) is 13.8 Å². The van der Waals surface area contributed by atoms with E-state index < -0.39 is 12.1 Å². The van der Waals surface area contributed by atoms with E-state index in [-0.39, 0.29) is 18.0 Å². The van der Waals surface area contributed by atoms with Crippen LogP contribution in [-0.2, 0) is 9.53 Å². The van der Waals surface area contributed by atoms with Crippen LogP contribution in [0.3, 0.4) is 0 Å². The Balaban J connectivity index is 2.90. The van der Waals surface area contributed by atoms with E-state index in [1.807, 2.05) is 0 Å². The third-order valence-corrected chi connectivity index (χ3v) is 2.30. The first kappa shape index (κ1) is 13.4. The highest BCUT2D eigenvalue weighted by atomic mass is 19.1. The zero-order chi connectivity index (χ0) is 12.8. The van der Waals surface area contributed by atoms with Crippen LogP contribution in [0.5, 0.6) is 0 Å². The van der Waals surface area contributed by atoms with Crippen molar-refractivity contribution < 1.29 is 19.0 Å². The average molecular weight is 238 g/mol. The standard InChI is InChI=1S/C13H15FO3/c1-3-11(13(16)17-4-2)12(15)9-5-7-10(14)8-6-9/h3,5-8,12,15H,4H2,1-2H3/b11-3+. The summed E-state index contributed by atoms with van der Waals surface area (Å²) in [5.74, 6) is -0.953. The second-order valence-corrected chi connectivity index (χ2v) is 3.42. The molecule has 0 spiro atoms. The van der Waals surface area contributed by atoms with E-state index in [0.29, 0.717) is 5.56 Å². The fourth-order valence-electron chi connectivity index (χ4n) is 1.43. The van der Waals surface area contributed by atoms with Crippen molar-refractivity contribution in [1.29, 1.82) is 0 Å². The summed E-state index contributed by atoms with van der Waals surface area (Å²) in [6, 6.07) is 5.33. The van der Waals surface area contributed by atoms with E-state index in [1.165, 1.54) is 30.3 Å². The lowest BCUT2D eigenvalue weighted by molar-refractivity contribution is -0.139. The number of hydrogen-bond donors (Lipinski definition) is 1. The minimum atomic E-state index is -1.10. The normalized spacial score (nSPS) is 13.3. The highest BCUT2D eigenvalue weighted by molar-refractivity contribution is 5.89. The Morgan fingerprint density at radius 3 is 2.53 bits per heavy atom. The van der Waals surface area contributed by atoms with Crippen molar-refractivity contribution in [2.45, 2.75) is 20.0 Å². The summed E-state index contributed by atoms with van der Waals surface area (Å²) in [6.07, 6.45) is 0.395. The Hall–Kier alpha value is -1.68. The summed E-state index contributed by atoms with van der Waals surface area (Å²) in [4.78, 5) is 11.5. The van der Waals surface area contributed by atoms with Crippen molar-refractivity contribution in [2.75, 3.05) is 6.61 Å². The molecule has 1 unspecified atom stereocenters. The van der Waals surface area contributed by atoms with Crippen LogP contribution < -0.4 is 0 Å². The van der Waals surface area contributed by atoms with Crippen LogP contribution in [0.15, 0.2) is 35.9 Å². The number of carbonyl (C=O) groups excluding carboxylic acids is 1. The average Bonchev–Trinajstić information content (AvgIpc) is 2.31. The number of halogens is 1. The van der Waals surface area contributed by atoms with Crippen molar-refractivity contribution in [3.8, 4) is 0 Å². The predicted molar refractivity (Wildman–Crippen MR) is 61.7 cm³/mol. The van der Waals surface area contributed by atoms with E-state index >= 15 is 0 Å². The van der Waals surface area contributed by atoms with Gasteiger partial charge in [0.25, 0.3) is 0 Å². The molecule has 0 bridgehead atoms. The number of hydrogen-bond acceptors (Lipinski definition) is 3. The largest absolute Gasteiger partial charge is 0.463 e. The topological polar surface area (TPSA) is 46.5 Å². The van der Waals surface area contributed by atoms with Gasteiger partial charge in [-0.15, -0.1) is 0 Å². The molecule has 0 aromatic heterocycles. The molecule has 1 N–H and O–H groups in total. The fourth-order valence-corrected chi connectivity index (χ4v) is 1.43. The maximum Gasteiger partial charge on any atom is 0.336 e. The number of carbonyl (C=O) groups is 1. The molecule has 0 radical (unpaired) electrons. The second kappa shape index (κ2) is 6.15. The maximum absolute atomic E-state index is 12.7. The Morgan fingerprint density at radius 2 is 2.06 bits per heavy atom. The van der Waals surface area contributed by atoms with Gasteiger partial charge < -0.3 is 9.84 Å². The zero-order valence-electron chi connectivity index (χ0n) is 9.81. The number of allylic oxidation sites excluding steroid dienone is 1. The van der Waals surface area contributed by atoms with Crippen LogP contribution in [0.25, 0.3) is 0 Å². The van der Waals surface area contributed by atoms with Crippen molar-refractivity contribution in [3.63, 3.8) is 0 Å². The van der Waals surface area contributed by atoms with Crippen molar-refractivity contribution in [2.24, 2.45) is 0 Å². The molecule has 1 atom stereocenters. The Bertz CT molecular complexity index is 409. The van der Waals surface area contributed by atoms with Gasteiger partial charge >= 0.3 is 5.97 Å². The molecule has 17 heavy (non-hydrogen) atoms. The molecule has 1 aromatic rings. The number of aliphatic hydroxyl groups is 1. The van der Waals surface area contributed by atoms with Crippen LogP contribution in [0.4, 0.5) is 4.39 Å². The molecule has 4 heteroatoms. The summed E-state index contributed by atoms with van der Waals surface area (Å²) in [5.41, 5.74) is 0.603. The smallest absolute Gasteiger partial charge is 0.336 e. The monoisotopic (exact) mass is 238 g/mol. The molecule has 0 aliphatic carbocycles. The Morgan fingerprint density at radius 1 is 1.47 bits per heavy atom. The van der Waals surface area contributed by atoms with Crippen LogP contribution in [0.2, 0.25) is 0 Å². The summed E-state index contributed by atoms with van der Waals surface area (Å²) >= 11 is 0. The molecule has 1 rings (SSSR count). The van der Waals surface area contributed by atoms with Crippen LogP contribution in [-0.4, -0.2) is 17.7 Å². The molecule has 0 heterocycles. The minimum absolute atomic E-state index is 0.151. The number of benzene rings is 1. The van der Waals surface area contributed by atoms with Gasteiger partial charge in [-0.2, -0.15) is 0 Å². The van der Waals surface area contributed by atoms with Crippen molar-refractivity contribution in [3.05, 3.63) is 47.3 Å². The maximum atomic E-state index is 12.7. The number of ether oxygens (including phenoxy) is 1. The molecular weight excluding hydrogens is 223 g/mol. The molecule has 0 aliphatic heterocycles. The number of esters is 1. The Labute approximate surface area is 99.5 Å². The number of aliphatic hydroxyl groups excluding tert-OH is 1. The SMILES string of the molecule is C/C=C(/C(=O)OCC)C(O)c1ccc(F)cc1. The van der Waals surface area contributed by atoms with Gasteiger partial charge in [0.15, 0.2) is 0 Å². The highest BCUT2D eigenvalue weighted by Crippen LogP contribution is 2.22. The van der Waals surface area contributed by atoms with Gasteiger partial charge in [0.05, 0.1) is 12.2 Å². The summed E-state index contributed by atoms with van der Waals surface area (Å²) < 4.78 is 17.5. The first-order valence-electron chi connectivity index (χ1n) is 5.37. The molecular formula is C13H15FO3. The highest BCUT2D eigenvalue weighted by Gasteiger charge is 2.20. The molecule has 3 nitrogen and oxygen atoms in total. The lowest BCUT2D eigenvalue weighted by Crippen LogP contribution is -2.14. The van der Waals surface area contributed by atoms with Crippen LogP contribution in [0.1, 0.15) is 25.5 Å². The molecule has 92 valence electrons. The summed E-state index contributed by atoms with van der Waals surface area (Å²) in [6.45, 7) is 3.57. The number of rotatable bonds is 4. The predicted octanol–water partition coefficient (Wildman–Crippen LogP) is 2.37. The quantitative estimate of drug-likeness (QED) is 0.647. The van der Waals surface area contributed by atoms with Gasteiger partial charge in [0.2, 0.25) is 0 Å². The molecule has 0 saturated carbocycles. The first-order chi connectivity index (χ1) is 8.10. The van der Waals surface area contributed by atoms with Crippen LogP contribution >= 0.6 is 0 Å². The van der Waals surface area contributed by atoms with Gasteiger partial charge in [-0.05, 0) is 31.5 Å². The molecule has 1 aromatic carbocycles. The minimum Gasteiger partial charge on any atom is -0.463 e. The van der Waals surface area contributed by atoms with Crippen molar-refractivity contribution >= 4 is 5.97 Å². The van der Waals surface area contributed by atoms with Gasteiger partial charge in [0.1, 0.15) is 11.9 Å². The van der Waals surface area contributed by atoms with E-state index in [4.69, 9.17) is 4.74 Å². The third kappa shape index (κ3) is 3.39. The van der Waals surface area contributed by atoms with Crippen molar-refractivity contribution in [1.82, 2.24) is 0 Å². The van der Waals surface area contributed by atoms with Gasteiger partial charge in [-0.1, -0.05) is 18.2 Å². The van der Waals surface area contributed by atoms with E-state index in [2.05, 4.69) is 0 Å². The summed E-state index contributed by atoms with van der Waals surface area (Å²) in [7, 11) is 0. The zero-order valence-corrected chi connectivity index (χ0v) is 9.81. The molecule has 0 saturated heterocycles. The Kier molecular flexibility index (Phi) is 4.84. The lowest BCUT2D eigenvalue weighted by atomic mass is 10.0. The molecule has 0 amide bonds. The van der Waals surface area contributed by atoms with Gasteiger partial charge in [0, 0.05) is 0 Å². The summed E-state index contributed by atoms with van der Waals surface area (Å²) in [5, 5.41) is 9.98. The second-order valence-electron chi connectivity index (χ2n) is 3.42. The first-order valence-corrected chi connectivity index (χ1v) is 5.37. The van der Waals surface area contributed by atoms with Gasteiger partial charge in [-0.25, -0.2) is 9.18 Å². The molecule has 0 fully saturated rings. The van der Waals surface area contributed by atoms with Crippen LogP contribution in [0, 0.1) is 5.82 Å². The lowest BCUT2D eigenvalue weighted by Gasteiger charge is -2.13. The van der Waals surface area contributed by atoms with E-state index in [0.717, 1.165) is 0 Å². The third-order valence-electron chi connectivity index (χ3n) is 2.30.